The van der Waals surface area contributed by atoms with Crippen molar-refractivity contribution >= 4 is 28.3 Å². The van der Waals surface area contributed by atoms with Gasteiger partial charge in [0.05, 0.1) is 6.04 Å². The van der Waals surface area contributed by atoms with Gasteiger partial charge in [0.1, 0.15) is 6.61 Å². The molecule has 6 heteroatoms. The van der Waals surface area contributed by atoms with E-state index >= 15 is 0 Å². The monoisotopic (exact) mass is 377 g/mol. The summed E-state index contributed by atoms with van der Waals surface area (Å²) < 4.78 is 5.12. The third kappa shape index (κ3) is 2.85. The lowest BCUT2D eigenvalue weighted by atomic mass is 9.92. The molecule has 0 spiro atoms. The van der Waals surface area contributed by atoms with Gasteiger partial charge >= 0.3 is 6.09 Å². The molecule has 6 nitrogen and oxygen atoms in total. The Bertz CT molecular complexity index is 984. The lowest BCUT2D eigenvalue weighted by Gasteiger charge is -2.35. The molecule has 28 heavy (non-hydrogen) atoms. The molecule has 0 aromatic heterocycles. The first-order valence-corrected chi connectivity index (χ1v) is 9.87. The van der Waals surface area contributed by atoms with Gasteiger partial charge in [-0.15, -0.1) is 0 Å². The minimum Gasteiger partial charge on any atom is -0.447 e. The van der Waals surface area contributed by atoms with E-state index < -0.39 is 0 Å². The number of nitrogens with one attached hydrogen (secondary N) is 1. The van der Waals surface area contributed by atoms with E-state index in [0.717, 1.165) is 35.8 Å². The second kappa shape index (κ2) is 6.95. The van der Waals surface area contributed by atoms with Crippen LogP contribution in [0.25, 0.3) is 16.3 Å². The topological polar surface area (TPSA) is 61.9 Å². The second-order valence-corrected chi connectivity index (χ2v) is 7.57. The van der Waals surface area contributed by atoms with Gasteiger partial charge in [0, 0.05) is 31.7 Å². The SMILES string of the molecule is O=C(c1cccc2c(C3=CCNCC3)cccc12)N1CCN2C(=O)OCC2C1. The van der Waals surface area contributed by atoms with E-state index in [0.29, 0.717) is 26.2 Å². The van der Waals surface area contributed by atoms with Gasteiger partial charge in [-0.3, -0.25) is 9.69 Å². The third-order valence-corrected chi connectivity index (χ3v) is 5.97. The minimum atomic E-state index is -0.262. The second-order valence-electron chi connectivity index (χ2n) is 7.57. The molecule has 144 valence electrons. The van der Waals surface area contributed by atoms with Gasteiger partial charge < -0.3 is 15.0 Å². The number of rotatable bonds is 2. The van der Waals surface area contributed by atoms with E-state index in [9.17, 15) is 9.59 Å². The van der Waals surface area contributed by atoms with Gasteiger partial charge in [0.15, 0.2) is 0 Å². The number of carbonyl (C=O) groups excluding carboxylic acids is 2. The molecule has 0 saturated carbocycles. The quantitative estimate of drug-likeness (QED) is 0.874. The van der Waals surface area contributed by atoms with E-state index in [2.05, 4.69) is 23.5 Å². The van der Waals surface area contributed by atoms with E-state index in [1.54, 1.807) is 4.90 Å². The van der Waals surface area contributed by atoms with Crippen molar-refractivity contribution in [2.24, 2.45) is 0 Å². The maximum absolute atomic E-state index is 13.3. The molecule has 3 heterocycles. The number of nitrogens with zero attached hydrogens (tertiary/aromatic N) is 2. The van der Waals surface area contributed by atoms with Crippen molar-refractivity contribution in [3.8, 4) is 0 Å². The van der Waals surface area contributed by atoms with Crippen LogP contribution >= 0.6 is 0 Å². The summed E-state index contributed by atoms with van der Waals surface area (Å²) in [5.74, 6) is 0.0287. The molecule has 0 radical (unpaired) electrons. The maximum atomic E-state index is 13.3. The molecule has 3 aliphatic rings. The summed E-state index contributed by atoms with van der Waals surface area (Å²) in [6.45, 7) is 3.83. The molecule has 1 unspecified atom stereocenters. The number of cyclic esters (lactones) is 1. The Hall–Kier alpha value is -2.86. The largest absolute Gasteiger partial charge is 0.447 e. The molecule has 2 aromatic rings. The Kier molecular flexibility index (Phi) is 4.28. The van der Waals surface area contributed by atoms with E-state index in [1.807, 2.05) is 29.2 Å². The van der Waals surface area contributed by atoms with Crippen molar-refractivity contribution in [3.05, 3.63) is 53.6 Å². The normalized spacial score (nSPS) is 22.1. The van der Waals surface area contributed by atoms with Crippen LogP contribution in [0.3, 0.4) is 0 Å². The molecular weight excluding hydrogens is 354 g/mol. The fourth-order valence-electron chi connectivity index (χ4n) is 4.49. The predicted molar refractivity (Wildman–Crippen MR) is 107 cm³/mol. The summed E-state index contributed by atoms with van der Waals surface area (Å²) in [6.07, 6.45) is 2.97. The number of ether oxygens (including phenoxy) is 1. The number of hydrogen-bond acceptors (Lipinski definition) is 4. The van der Waals surface area contributed by atoms with Crippen molar-refractivity contribution < 1.29 is 14.3 Å². The summed E-state index contributed by atoms with van der Waals surface area (Å²) in [5, 5.41) is 5.47. The van der Waals surface area contributed by atoms with Crippen molar-refractivity contribution in [2.45, 2.75) is 12.5 Å². The highest BCUT2D eigenvalue weighted by atomic mass is 16.6. The number of benzene rings is 2. The zero-order valence-electron chi connectivity index (χ0n) is 15.7. The van der Waals surface area contributed by atoms with Crippen molar-refractivity contribution in [1.82, 2.24) is 15.1 Å². The van der Waals surface area contributed by atoms with Crippen molar-refractivity contribution in [2.75, 3.05) is 39.3 Å². The molecule has 5 rings (SSSR count). The average molecular weight is 377 g/mol. The molecule has 0 bridgehead atoms. The van der Waals surface area contributed by atoms with Crippen LogP contribution < -0.4 is 5.32 Å². The number of piperazine rings is 1. The van der Waals surface area contributed by atoms with Crippen LogP contribution in [0.5, 0.6) is 0 Å². The number of amides is 2. The number of fused-ring (bicyclic) bond motifs is 2. The van der Waals surface area contributed by atoms with Crippen LogP contribution in [-0.2, 0) is 4.74 Å². The Balaban J connectivity index is 1.48. The summed E-state index contributed by atoms with van der Waals surface area (Å²) in [6, 6.07) is 12.2. The zero-order valence-corrected chi connectivity index (χ0v) is 15.7. The van der Waals surface area contributed by atoms with Gasteiger partial charge in [-0.25, -0.2) is 4.79 Å². The van der Waals surface area contributed by atoms with E-state index in [4.69, 9.17) is 4.74 Å². The maximum Gasteiger partial charge on any atom is 0.410 e. The molecule has 0 aliphatic carbocycles. The van der Waals surface area contributed by atoms with Crippen LogP contribution in [-0.4, -0.2) is 67.2 Å². The fraction of sp³-hybridized carbons (Fsp3) is 0.364. The molecule has 3 aliphatic heterocycles. The smallest absolute Gasteiger partial charge is 0.410 e. The lowest BCUT2D eigenvalue weighted by Crippen LogP contribution is -2.53. The van der Waals surface area contributed by atoms with Crippen LogP contribution in [0.2, 0.25) is 0 Å². The van der Waals surface area contributed by atoms with Crippen molar-refractivity contribution in [3.63, 3.8) is 0 Å². The summed E-state index contributed by atoms with van der Waals surface area (Å²) in [5.41, 5.74) is 3.28. The standard InChI is InChI=1S/C22H23N3O3/c26-21(24-11-12-25-16(13-24)14-28-22(25)27)20-6-2-4-18-17(3-1-5-19(18)20)15-7-9-23-10-8-15/h1-7,16,23H,8-14H2. The molecule has 1 atom stereocenters. The first kappa shape index (κ1) is 17.3. The molecule has 2 saturated heterocycles. The first-order valence-electron chi connectivity index (χ1n) is 9.87. The summed E-state index contributed by atoms with van der Waals surface area (Å²) >= 11 is 0. The first-order chi connectivity index (χ1) is 13.7. The van der Waals surface area contributed by atoms with Crippen LogP contribution in [0.4, 0.5) is 4.79 Å². The predicted octanol–water partition coefficient (Wildman–Crippen LogP) is 2.49. The Labute approximate surface area is 163 Å². The highest BCUT2D eigenvalue weighted by molar-refractivity contribution is 6.09. The molecule has 2 fully saturated rings. The third-order valence-electron chi connectivity index (χ3n) is 5.97. The van der Waals surface area contributed by atoms with Gasteiger partial charge in [0.25, 0.3) is 5.91 Å². The number of hydrogen-bond donors (Lipinski definition) is 1. The fourth-order valence-corrected chi connectivity index (χ4v) is 4.49. The highest BCUT2D eigenvalue weighted by Gasteiger charge is 2.39. The van der Waals surface area contributed by atoms with Gasteiger partial charge in [-0.2, -0.15) is 0 Å². The summed E-state index contributed by atoms with van der Waals surface area (Å²) in [4.78, 5) is 28.6. The van der Waals surface area contributed by atoms with Gasteiger partial charge in [0.2, 0.25) is 0 Å². The van der Waals surface area contributed by atoms with E-state index in [-0.39, 0.29) is 18.0 Å². The Morgan fingerprint density at radius 3 is 2.82 bits per heavy atom. The van der Waals surface area contributed by atoms with E-state index in [1.165, 1.54) is 11.1 Å². The molecule has 2 amide bonds. The molecule has 1 N–H and O–H groups in total. The zero-order chi connectivity index (χ0) is 19.1. The molecule has 2 aromatic carbocycles. The molecular formula is C22H23N3O3. The van der Waals surface area contributed by atoms with Crippen LogP contribution in [0, 0.1) is 0 Å². The minimum absolute atomic E-state index is 0.0287. The number of carbonyl (C=O) groups is 2. The van der Waals surface area contributed by atoms with Crippen LogP contribution in [0.15, 0.2) is 42.5 Å². The lowest BCUT2D eigenvalue weighted by molar-refractivity contribution is 0.0619. The van der Waals surface area contributed by atoms with Gasteiger partial charge in [-0.1, -0.05) is 36.4 Å². The Morgan fingerprint density at radius 2 is 1.96 bits per heavy atom. The van der Waals surface area contributed by atoms with Crippen molar-refractivity contribution in [1.29, 1.82) is 0 Å². The van der Waals surface area contributed by atoms with Gasteiger partial charge in [-0.05, 0) is 40.9 Å². The van der Waals surface area contributed by atoms with Crippen LogP contribution in [0.1, 0.15) is 22.3 Å². The highest BCUT2D eigenvalue weighted by Crippen LogP contribution is 2.31. The average Bonchev–Trinajstić information content (AvgIpc) is 3.13. The Morgan fingerprint density at radius 1 is 1.11 bits per heavy atom. The summed E-state index contributed by atoms with van der Waals surface area (Å²) in [7, 11) is 0.